The number of carbonyl (C=O) groups is 3. The molecule has 0 fully saturated rings. The number of carboxylic acid groups (broad SMARTS) is 2. The van der Waals surface area contributed by atoms with Crippen LogP contribution in [0.25, 0.3) is 0 Å². The van der Waals surface area contributed by atoms with Crippen molar-refractivity contribution < 1.29 is 24.6 Å². The van der Waals surface area contributed by atoms with Crippen LogP contribution in [0.1, 0.15) is 23.2 Å². The van der Waals surface area contributed by atoms with E-state index in [2.05, 4.69) is 5.32 Å². The molecule has 19 heavy (non-hydrogen) atoms. The Bertz CT molecular complexity index is 483. The van der Waals surface area contributed by atoms with E-state index in [1.807, 2.05) is 0 Å². The number of benzene rings is 1. The summed E-state index contributed by atoms with van der Waals surface area (Å²) in [6.45, 7) is 0. The SMILES string of the molecule is NC(CCC(=O)O)C(=O)Nc1ccc(C(=O)O)cc1. The van der Waals surface area contributed by atoms with E-state index < -0.39 is 23.9 Å². The van der Waals surface area contributed by atoms with Gasteiger partial charge < -0.3 is 21.3 Å². The van der Waals surface area contributed by atoms with Crippen LogP contribution in [0, 0.1) is 0 Å². The summed E-state index contributed by atoms with van der Waals surface area (Å²) < 4.78 is 0. The van der Waals surface area contributed by atoms with Crippen molar-refractivity contribution in [1.29, 1.82) is 0 Å². The molecule has 7 nitrogen and oxygen atoms in total. The summed E-state index contributed by atoms with van der Waals surface area (Å²) in [5.74, 6) is -2.59. The Hall–Kier alpha value is -2.41. The quantitative estimate of drug-likeness (QED) is 0.593. The molecule has 102 valence electrons. The van der Waals surface area contributed by atoms with E-state index in [1.165, 1.54) is 24.3 Å². The maximum absolute atomic E-state index is 11.6. The second kappa shape index (κ2) is 6.50. The first-order chi connectivity index (χ1) is 8.90. The van der Waals surface area contributed by atoms with Gasteiger partial charge in [-0.15, -0.1) is 0 Å². The van der Waals surface area contributed by atoms with Gasteiger partial charge in [0.05, 0.1) is 11.6 Å². The molecule has 5 N–H and O–H groups in total. The summed E-state index contributed by atoms with van der Waals surface area (Å²) in [5, 5.41) is 19.7. The fourth-order valence-electron chi connectivity index (χ4n) is 1.34. The molecule has 1 aromatic carbocycles. The maximum atomic E-state index is 11.6. The molecule has 0 aromatic heterocycles. The van der Waals surface area contributed by atoms with E-state index >= 15 is 0 Å². The Morgan fingerprint density at radius 1 is 1.16 bits per heavy atom. The first kappa shape index (κ1) is 14.7. The van der Waals surface area contributed by atoms with Crippen molar-refractivity contribution >= 4 is 23.5 Å². The van der Waals surface area contributed by atoms with Gasteiger partial charge in [-0.25, -0.2) is 4.79 Å². The molecule has 0 saturated heterocycles. The molecule has 0 bridgehead atoms. The van der Waals surface area contributed by atoms with Crippen LogP contribution in [-0.4, -0.2) is 34.1 Å². The number of carbonyl (C=O) groups excluding carboxylic acids is 1. The molecule has 0 spiro atoms. The zero-order valence-corrected chi connectivity index (χ0v) is 10.00. The lowest BCUT2D eigenvalue weighted by Gasteiger charge is -2.11. The van der Waals surface area contributed by atoms with Gasteiger partial charge in [0.1, 0.15) is 0 Å². The monoisotopic (exact) mass is 266 g/mol. The average Bonchev–Trinajstić information content (AvgIpc) is 2.36. The highest BCUT2D eigenvalue weighted by Gasteiger charge is 2.15. The van der Waals surface area contributed by atoms with Crippen LogP contribution in [0.15, 0.2) is 24.3 Å². The van der Waals surface area contributed by atoms with E-state index in [1.54, 1.807) is 0 Å². The lowest BCUT2D eigenvalue weighted by atomic mass is 10.1. The van der Waals surface area contributed by atoms with Gasteiger partial charge in [-0.05, 0) is 30.7 Å². The lowest BCUT2D eigenvalue weighted by Crippen LogP contribution is -2.36. The molecule has 0 heterocycles. The van der Waals surface area contributed by atoms with Gasteiger partial charge in [0.2, 0.25) is 5.91 Å². The van der Waals surface area contributed by atoms with Gasteiger partial charge in [0.15, 0.2) is 0 Å². The van der Waals surface area contributed by atoms with E-state index in [9.17, 15) is 14.4 Å². The van der Waals surface area contributed by atoms with E-state index in [-0.39, 0.29) is 18.4 Å². The highest BCUT2D eigenvalue weighted by molar-refractivity contribution is 5.95. The summed E-state index contributed by atoms with van der Waals surface area (Å²) in [4.78, 5) is 32.6. The number of aliphatic carboxylic acids is 1. The van der Waals surface area contributed by atoms with E-state index in [0.717, 1.165) is 0 Å². The Morgan fingerprint density at radius 3 is 2.21 bits per heavy atom. The predicted molar refractivity (Wildman–Crippen MR) is 66.9 cm³/mol. The Balaban J connectivity index is 2.56. The summed E-state index contributed by atoms with van der Waals surface area (Å²) in [7, 11) is 0. The number of rotatable bonds is 6. The van der Waals surface area contributed by atoms with Crippen LogP contribution < -0.4 is 11.1 Å². The molecule has 0 aliphatic carbocycles. The van der Waals surface area contributed by atoms with Crippen molar-refractivity contribution in [3.8, 4) is 0 Å². The fraction of sp³-hybridized carbons (Fsp3) is 0.250. The van der Waals surface area contributed by atoms with Crippen molar-refractivity contribution in [3.05, 3.63) is 29.8 Å². The molecule has 0 aliphatic rings. The molecule has 1 aromatic rings. The Labute approximate surface area is 109 Å². The lowest BCUT2D eigenvalue weighted by molar-refractivity contribution is -0.137. The summed E-state index contributed by atoms with van der Waals surface area (Å²) in [6, 6.07) is 4.65. The van der Waals surface area contributed by atoms with Gasteiger partial charge in [0.25, 0.3) is 0 Å². The van der Waals surface area contributed by atoms with Crippen LogP contribution in [0.2, 0.25) is 0 Å². The first-order valence-electron chi connectivity index (χ1n) is 5.51. The number of hydrogen-bond donors (Lipinski definition) is 4. The summed E-state index contributed by atoms with van der Waals surface area (Å²) in [5.41, 5.74) is 6.03. The van der Waals surface area contributed by atoms with Gasteiger partial charge in [-0.3, -0.25) is 9.59 Å². The largest absolute Gasteiger partial charge is 0.481 e. The van der Waals surface area contributed by atoms with Gasteiger partial charge in [0, 0.05) is 12.1 Å². The van der Waals surface area contributed by atoms with Crippen LogP contribution in [-0.2, 0) is 9.59 Å². The Kier molecular flexibility index (Phi) is 5.01. The fourth-order valence-corrected chi connectivity index (χ4v) is 1.34. The molecule has 1 amide bonds. The van der Waals surface area contributed by atoms with E-state index in [4.69, 9.17) is 15.9 Å². The minimum absolute atomic E-state index is 0.0361. The standard InChI is InChI=1S/C12H14N2O5/c13-9(5-6-10(15)16)11(17)14-8-3-1-7(2-4-8)12(18)19/h1-4,9H,5-6,13H2,(H,14,17)(H,15,16)(H,18,19). The Morgan fingerprint density at radius 2 is 1.74 bits per heavy atom. The number of amides is 1. The molecule has 1 unspecified atom stereocenters. The van der Waals surface area contributed by atoms with Crippen molar-refractivity contribution in [3.63, 3.8) is 0 Å². The van der Waals surface area contributed by atoms with Crippen LogP contribution in [0.4, 0.5) is 5.69 Å². The highest BCUT2D eigenvalue weighted by Crippen LogP contribution is 2.10. The van der Waals surface area contributed by atoms with Gasteiger partial charge in [-0.2, -0.15) is 0 Å². The van der Waals surface area contributed by atoms with Crippen molar-refractivity contribution in [2.75, 3.05) is 5.32 Å². The third kappa shape index (κ3) is 4.76. The van der Waals surface area contributed by atoms with Crippen molar-refractivity contribution in [2.45, 2.75) is 18.9 Å². The topological polar surface area (TPSA) is 130 Å². The molecule has 0 radical (unpaired) electrons. The molecule has 0 aliphatic heterocycles. The normalized spacial score (nSPS) is 11.6. The van der Waals surface area contributed by atoms with Crippen molar-refractivity contribution in [1.82, 2.24) is 0 Å². The number of carboxylic acids is 2. The average molecular weight is 266 g/mol. The number of nitrogens with two attached hydrogens (primary N) is 1. The van der Waals surface area contributed by atoms with Gasteiger partial charge in [-0.1, -0.05) is 0 Å². The maximum Gasteiger partial charge on any atom is 0.335 e. The zero-order valence-electron chi connectivity index (χ0n) is 10.00. The molecule has 1 rings (SSSR count). The third-order valence-corrected chi connectivity index (χ3v) is 2.41. The summed E-state index contributed by atoms with van der Waals surface area (Å²) >= 11 is 0. The number of anilines is 1. The zero-order chi connectivity index (χ0) is 14.4. The summed E-state index contributed by atoms with van der Waals surface area (Å²) in [6.07, 6.45) is -0.152. The number of aromatic carboxylic acids is 1. The second-order valence-corrected chi connectivity index (χ2v) is 3.91. The van der Waals surface area contributed by atoms with Gasteiger partial charge >= 0.3 is 11.9 Å². The molecule has 7 heteroatoms. The van der Waals surface area contributed by atoms with E-state index in [0.29, 0.717) is 5.69 Å². The number of nitrogens with one attached hydrogen (secondary N) is 1. The smallest absolute Gasteiger partial charge is 0.335 e. The highest BCUT2D eigenvalue weighted by atomic mass is 16.4. The second-order valence-electron chi connectivity index (χ2n) is 3.91. The van der Waals surface area contributed by atoms with Crippen LogP contribution in [0.3, 0.4) is 0 Å². The molecular weight excluding hydrogens is 252 g/mol. The predicted octanol–water partition coefficient (Wildman–Crippen LogP) is 0.515. The van der Waals surface area contributed by atoms with Crippen LogP contribution >= 0.6 is 0 Å². The molecule has 1 atom stereocenters. The molecule has 0 saturated carbocycles. The minimum atomic E-state index is -1.06. The first-order valence-corrected chi connectivity index (χ1v) is 5.51. The number of hydrogen-bond acceptors (Lipinski definition) is 4. The van der Waals surface area contributed by atoms with Crippen LogP contribution in [0.5, 0.6) is 0 Å². The molecular formula is C12H14N2O5. The minimum Gasteiger partial charge on any atom is -0.481 e. The third-order valence-electron chi connectivity index (χ3n) is 2.41. The van der Waals surface area contributed by atoms with Crippen molar-refractivity contribution in [2.24, 2.45) is 5.73 Å².